The fourth-order valence-corrected chi connectivity index (χ4v) is 0.142. The van der Waals surface area contributed by atoms with Crippen LogP contribution in [0.4, 0.5) is 13.2 Å². The van der Waals surface area contributed by atoms with E-state index in [4.69, 9.17) is 4.21 Å². The molecule has 0 aromatic carbocycles. The highest BCUT2D eigenvalue weighted by atomic mass is 32.1. The van der Waals surface area contributed by atoms with Crippen LogP contribution < -0.4 is 0 Å². The maximum atomic E-state index is 10.7. The van der Waals surface area contributed by atoms with Gasteiger partial charge in [0.25, 0.3) is 0 Å². The van der Waals surface area contributed by atoms with Crippen molar-refractivity contribution in [2.24, 2.45) is 0 Å². The highest BCUT2D eigenvalue weighted by Gasteiger charge is 2.24. The molecule has 1 nitrogen and oxygen atoms in total. The van der Waals surface area contributed by atoms with Crippen molar-refractivity contribution in [3.63, 3.8) is 0 Å². The Balaban J connectivity index is 3.80. The van der Waals surface area contributed by atoms with Crippen molar-refractivity contribution in [2.75, 3.05) is 0 Å². The van der Waals surface area contributed by atoms with Crippen LogP contribution in [-0.2, 0) is 11.3 Å². The van der Waals surface area contributed by atoms with Crippen LogP contribution in [0.5, 0.6) is 0 Å². The van der Waals surface area contributed by atoms with Gasteiger partial charge in [0.15, 0.2) is 5.37 Å². The first-order valence-corrected chi connectivity index (χ1v) is 1.93. The topological polar surface area (TPSA) is 17.1 Å². The number of alkyl halides is 3. The van der Waals surface area contributed by atoms with Gasteiger partial charge in [0.2, 0.25) is 0 Å². The minimum Gasteiger partial charge on any atom is -0.212 e. The Morgan fingerprint density at radius 3 is 1.86 bits per heavy atom. The normalized spacial score (nSPS) is 10.7. The Bertz CT molecular complexity index is 100.0. The lowest BCUT2D eigenvalue weighted by molar-refractivity contribution is -0.0515. The maximum absolute atomic E-state index is 10.7. The fraction of sp³-hybridized carbons (Fsp3) is 0.500. The Hall–Kier alpha value is -0.320. The minimum absolute atomic E-state index is 0.646. The van der Waals surface area contributed by atoms with E-state index in [0.717, 1.165) is 0 Å². The summed E-state index contributed by atoms with van der Waals surface area (Å²) in [4.78, 5) is 0. The highest BCUT2D eigenvalue weighted by molar-refractivity contribution is 7.65. The van der Waals surface area contributed by atoms with Crippen LogP contribution >= 0.6 is 0 Å². The lowest BCUT2D eigenvalue weighted by Gasteiger charge is -1.88. The van der Waals surface area contributed by atoms with Crippen LogP contribution in [-0.4, -0.2) is 15.8 Å². The second-order valence-electron chi connectivity index (χ2n) is 0.683. The van der Waals surface area contributed by atoms with Crippen LogP contribution in [0.1, 0.15) is 0 Å². The van der Waals surface area contributed by atoms with E-state index in [9.17, 15) is 13.2 Å². The summed E-state index contributed by atoms with van der Waals surface area (Å²) < 4.78 is 41.2. The Morgan fingerprint density at radius 2 is 1.86 bits per heavy atom. The molecule has 0 saturated heterocycles. The second kappa shape index (κ2) is 2.11. The third-order valence-corrected chi connectivity index (χ3v) is 0.472. The molecule has 0 N–H and O–H groups in total. The van der Waals surface area contributed by atoms with Crippen molar-refractivity contribution >= 4 is 16.6 Å². The number of rotatable bonds is 0. The fourth-order valence-electron chi connectivity index (χ4n) is 0.0472. The zero-order chi connectivity index (χ0) is 5.91. The van der Waals surface area contributed by atoms with Gasteiger partial charge >= 0.3 is 6.18 Å². The number of hydrogen-bond donors (Lipinski definition) is 0. The van der Waals surface area contributed by atoms with Gasteiger partial charge in [-0.3, -0.25) is 0 Å². The van der Waals surface area contributed by atoms with Crippen molar-refractivity contribution in [3.8, 4) is 0 Å². The molecule has 7 heavy (non-hydrogen) atoms. The van der Waals surface area contributed by atoms with Gasteiger partial charge in [0.1, 0.15) is 11.3 Å². The predicted molar refractivity (Wildman–Crippen MR) is 19.2 cm³/mol. The van der Waals surface area contributed by atoms with Gasteiger partial charge in [-0.2, -0.15) is 13.2 Å². The summed E-state index contributed by atoms with van der Waals surface area (Å²) in [5.41, 5.74) is 0. The Labute approximate surface area is 41.2 Å². The van der Waals surface area contributed by atoms with Crippen LogP contribution in [0.3, 0.4) is 0 Å². The molecule has 0 bridgehead atoms. The smallest absolute Gasteiger partial charge is 0.212 e. The Kier molecular flexibility index (Phi) is 2.01. The molecule has 5 heteroatoms. The predicted octanol–water partition coefficient (Wildman–Crippen LogP) is 0.441. The monoisotopic (exact) mass is 129 g/mol. The molecule has 0 unspecified atom stereocenters. The zero-order valence-corrected chi connectivity index (χ0v) is 3.77. The first kappa shape index (κ1) is 6.68. The van der Waals surface area contributed by atoms with E-state index in [1.807, 2.05) is 0 Å². The van der Waals surface area contributed by atoms with E-state index >= 15 is 0 Å². The molecule has 0 atom stereocenters. The third-order valence-electron chi connectivity index (χ3n) is 0.157. The lowest BCUT2D eigenvalue weighted by atomic mass is 10.8. The maximum Gasteiger partial charge on any atom is 0.430 e. The van der Waals surface area contributed by atoms with E-state index in [-0.39, 0.29) is 0 Å². The first-order valence-electron chi connectivity index (χ1n) is 1.19. The van der Waals surface area contributed by atoms with Gasteiger partial charge in [-0.25, -0.2) is 4.21 Å². The largest absolute Gasteiger partial charge is 0.430 e. The van der Waals surface area contributed by atoms with Gasteiger partial charge in [0.05, 0.1) is 0 Å². The quantitative estimate of drug-likeness (QED) is 0.434. The second-order valence-corrected chi connectivity index (χ2v) is 1.05. The first-order chi connectivity index (χ1) is 3.06. The SMILES string of the molecule is O=S=[C]C(F)(F)F. The number of hydrogen-bond acceptors (Lipinski definition) is 1. The summed E-state index contributed by atoms with van der Waals surface area (Å²) in [6, 6.07) is 0. The van der Waals surface area contributed by atoms with E-state index in [0.29, 0.717) is 5.37 Å². The van der Waals surface area contributed by atoms with E-state index in [2.05, 4.69) is 0 Å². The van der Waals surface area contributed by atoms with Gasteiger partial charge in [0, 0.05) is 0 Å². The molecular formula is C2F3OS. The molecule has 0 fully saturated rings. The standard InChI is InChI=1S/C2F3OS/c3-2(4,5)1-7-6. The van der Waals surface area contributed by atoms with Gasteiger partial charge in [-0.1, -0.05) is 0 Å². The van der Waals surface area contributed by atoms with E-state index in [1.54, 1.807) is 0 Å². The number of halogens is 3. The molecule has 0 aliphatic heterocycles. The summed E-state index contributed by atoms with van der Waals surface area (Å²) >= 11 is -0.716. The summed E-state index contributed by atoms with van der Waals surface area (Å²) in [5.74, 6) is 0. The van der Waals surface area contributed by atoms with Crippen molar-refractivity contribution in [2.45, 2.75) is 6.18 Å². The summed E-state index contributed by atoms with van der Waals surface area (Å²) in [7, 11) is 0. The Morgan fingerprint density at radius 1 is 1.43 bits per heavy atom. The molecule has 0 aliphatic rings. The van der Waals surface area contributed by atoms with Crippen molar-refractivity contribution < 1.29 is 17.4 Å². The molecule has 0 rings (SSSR count). The van der Waals surface area contributed by atoms with Gasteiger partial charge in [-0.05, 0) is 0 Å². The minimum atomic E-state index is -4.55. The average Bonchev–Trinajstić information content (AvgIpc) is 1.30. The van der Waals surface area contributed by atoms with Crippen molar-refractivity contribution in [1.82, 2.24) is 0 Å². The van der Waals surface area contributed by atoms with Crippen LogP contribution in [0, 0.1) is 0 Å². The molecule has 0 aromatic heterocycles. The molecule has 0 aliphatic carbocycles. The van der Waals surface area contributed by atoms with Crippen LogP contribution in [0.2, 0.25) is 0 Å². The lowest BCUT2D eigenvalue weighted by Crippen LogP contribution is -2.07. The van der Waals surface area contributed by atoms with Crippen molar-refractivity contribution in [1.29, 1.82) is 0 Å². The van der Waals surface area contributed by atoms with Crippen LogP contribution in [0.15, 0.2) is 0 Å². The molecule has 0 spiro atoms. The van der Waals surface area contributed by atoms with Crippen molar-refractivity contribution in [3.05, 3.63) is 0 Å². The zero-order valence-electron chi connectivity index (χ0n) is 2.95. The molecule has 0 saturated carbocycles. The van der Waals surface area contributed by atoms with Gasteiger partial charge < -0.3 is 0 Å². The molecule has 0 aromatic rings. The molecule has 0 amide bonds. The summed E-state index contributed by atoms with van der Waals surface area (Å²) in [5, 5.41) is 0.646. The summed E-state index contributed by atoms with van der Waals surface area (Å²) in [6.45, 7) is 0. The third kappa shape index (κ3) is 5.68. The van der Waals surface area contributed by atoms with E-state index < -0.39 is 17.4 Å². The highest BCUT2D eigenvalue weighted by Crippen LogP contribution is 2.08. The summed E-state index contributed by atoms with van der Waals surface area (Å²) in [6.07, 6.45) is -4.55. The average molecular weight is 129 g/mol. The molecule has 1 radical (unpaired) electrons. The van der Waals surface area contributed by atoms with E-state index in [1.165, 1.54) is 0 Å². The molecule has 0 heterocycles. The van der Waals surface area contributed by atoms with Crippen LogP contribution in [0.25, 0.3) is 0 Å². The molecule has 41 valence electrons. The van der Waals surface area contributed by atoms with Gasteiger partial charge in [-0.15, -0.1) is 0 Å². The molecular weight excluding hydrogens is 129 g/mol.